The number of carboxylic acids is 1. The number of benzene rings is 1. The van der Waals surface area contributed by atoms with Crippen molar-refractivity contribution in [3.8, 4) is 16.5 Å². The molecule has 4 heterocycles. The third-order valence-electron chi connectivity index (χ3n) is 7.43. The Labute approximate surface area is 207 Å². The number of fused-ring (bicyclic) bond motifs is 1. The highest BCUT2D eigenvalue weighted by molar-refractivity contribution is 7.18. The molecule has 2 saturated heterocycles. The van der Waals surface area contributed by atoms with Crippen molar-refractivity contribution in [1.29, 1.82) is 0 Å². The van der Waals surface area contributed by atoms with Crippen LogP contribution in [0.3, 0.4) is 0 Å². The van der Waals surface area contributed by atoms with Crippen molar-refractivity contribution in [2.24, 2.45) is 17.8 Å². The average Bonchev–Trinajstić information content (AvgIpc) is 3.56. The van der Waals surface area contributed by atoms with Gasteiger partial charge in [0, 0.05) is 49.8 Å². The number of thiazole rings is 1. The molecule has 2 unspecified atom stereocenters. The molecule has 3 aromatic rings. The van der Waals surface area contributed by atoms with Crippen molar-refractivity contribution in [1.82, 2.24) is 25.2 Å². The van der Waals surface area contributed by atoms with Crippen LogP contribution in [0.1, 0.15) is 24.8 Å². The number of ether oxygens (including phenoxy) is 1. The molecule has 2 atom stereocenters. The minimum atomic E-state index is -1.00. The number of anilines is 2. The van der Waals surface area contributed by atoms with Gasteiger partial charge in [-0.25, -0.2) is 4.98 Å². The van der Waals surface area contributed by atoms with Crippen molar-refractivity contribution in [3.63, 3.8) is 0 Å². The molecule has 1 N–H and O–H groups in total. The summed E-state index contributed by atoms with van der Waals surface area (Å²) in [5, 5.41) is 21.8. The minimum absolute atomic E-state index is 0.306. The Kier molecular flexibility index (Phi) is 5.79. The smallest absolute Gasteiger partial charge is 0.327 e. The number of hydrogen-bond acceptors (Lipinski definition) is 9. The van der Waals surface area contributed by atoms with E-state index in [1.54, 1.807) is 6.20 Å². The molecule has 2 aliphatic heterocycles. The first-order chi connectivity index (χ1) is 17.0. The number of aliphatic carboxylic acids is 1. The third kappa shape index (κ3) is 4.56. The van der Waals surface area contributed by atoms with Crippen LogP contribution in [0.4, 0.5) is 10.8 Å². The van der Waals surface area contributed by atoms with E-state index in [-0.39, 0.29) is 6.54 Å². The predicted octanol–water partition coefficient (Wildman–Crippen LogP) is 2.94. The zero-order valence-corrected chi connectivity index (χ0v) is 20.5. The Morgan fingerprint density at radius 1 is 1.17 bits per heavy atom. The molecule has 3 fully saturated rings. The number of nitrogens with zero attached hydrogens (tertiary/aromatic N) is 7. The van der Waals surface area contributed by atoms with Gasteiger partial charge in [-0.1, -0.05) is 23.8 Å². The Morgan fingerprint density at radius 3 is 2.66 bits per heavy atom. The molecule has 1 saturated carbocycles. The standard InChI is InChI=1S/C24H29N7O3S/c1-15-5-6-19(34-14-16-3-2-4-16)7-20(15)29-9-17-11-30(12-18(17)10-29)24-25-8-21(35-24)23-26-28-31(27-23)13-22(32)33/h5-8,16-18H,2-4,9-14H2,1H3,(H,32,33). The summed E-state index contributed by atoms with van der Waals surface area (Å²) in [6.45, 7) is 6.75. The van der Waals surface area contributed by atoms with Crippen LogP contribution in [0.2, 0.25) is 0 Å². The van der Waals surface area contributed by atoms with Crippen LogP contribution in [0.15, 0.2) is 24.4 Å². The first kappa shape index (κ1) is 22.3. The second-order valence-corrected chi connectivity index (χ2v) is 10.9. The normalized spacial score (nSPS) is 21.9. The monoisotopic (exact) mass is 495 g/mol. The van der Waals surface area contributed by atoms with E-state index < -0.39 is 5.97 Å². The van der Waals surface area contributed by atoms with E-state index >= 15 is 0 Å². The summed E-state index contributed by atoms with van der Waals surface area (Å²) in [5.74, 6) is 2.32. The lowest BCUT2D eigenvalue weighted by Gasteiger charge is -2.27. The molecule has 184 valence electrons. The summed E-state index contributed by atoms with van der Waals surface area (Å²) < 4.78 is 6.11. The van der Waals surface area contributed by atoms with Gasteiger partial charge >= 0.3 is 5.97 Å². The molecule has 0 radical (unpaired) electrons. The number of hydrogen-bond donors (Lipinski definition) is 1. The molecule has 10 nitrogen and oxygen atoms in total. The number of aromatic nitrogens is 5. The van der Waals surface area contributed by atoms with Crippen LogP contribution < -0.4 is 14.5 Å². The fourth-order valence-electron chi connectivity index (χ4n) is 5.28. The maximum Gasteiger partial charge on any atom is 0.327 e. The summed E-state index contributed by atoms with van der Waals surface area (Å²) in [6, 6.07) is 6.51. The van der Waals surface area contributed by atoms with Crippen LogP contribution in [-0.2, 0) is 11.3 Å². The Hall–Kier alpha value is -3.21. The number of carbonyl (C=O) groups is 1. The van der Waals surface area contributed by atoms with Gasteiger partial charge in [0.15, 0.2) is 11.7 Å². The molecule has 3 aliphatic rings. The SMILES string of the molecule is Cc1ccc(OCC2CCC2)cc1N1CC2CN(c3ncc(-c4nnn(CC(=O)O)n4)s3)CC2C1. The summed E-state index contributed by atoms with van der Waals surface area (Å²) in [6.07, 6.45) is 5.69. The maximum absolute atomic E-state index is 10.8. The summed E-state index contributed by atoms with van der Waals surface area (Å²) >= 11 is 1.53. The van der Waals surface area contributed by atoms with Crippen molar-refractivity contribution < 1.29 is 14.6 Å². The van der Waals surface area contributed by atoms with Gasteiger partial charge in [0.2, 0.25) is 5.82 Å². The van der Waals surface area contributed by atoms with Crippen molar-refractivity contribution in [2.45, 2.75) is 32.7 Å². The lowest BCUT2D eigenvalue weighted by Crippen LogP contribution is -2.29. The first-order valence-electron chi connectivity index (χ1n) is 12.2. The van der Waals surface area contributed by atoms with E-state index in [1.807, 2.05) is 0 Å². The molecule has 0 bridgehead atoms. The fraction of sp³-hybridized carbons (Fsp3) is 0.542. The molecule has 11 heteroatoms. The van der Waals surface area contributed by atoms with Gasteiger partial charge in [0.05, 0.1) is 17.7 Å². The molecule has 0 spiro atoms. The van der Waals surface area contributed by atoms with Gasteiger partial charge in [0.25, 0.3) is 0 Å². The van der Waals surface area contributed by atoms with Crippen LogP contribution >= 0.6 is 11.3 Å². The van der Waals surface area contributed by atoms with Crippen LogP contribution in [-0.4, -0.2) is 69.1 Å². The van der Waals surface area contributed by atoms with E-state index in [1.165, 1.54) is 41.9 Å². The second kappa shape index (κ2) is 9.10. The zero-order valence-electron chi connectivity index (χ0n) is 19.7. The van der Waals surface area contributed by atoms with Crippen LogP contribution in [0.5, 0.6) is 5.75 Å². The molecular formula is C24H29N7O3S. The van der Waals surface area contributed by atoms with Gasteiger partial charge in [0.1, 0.15) is 5.75 Å². The van der Waals surface area contributed by atoms with E-state index in [9.17, 15) is 4.79 Å². The number of tetrazole rings is 1. The number of carboxylic acid groups (broad SMARTS) is 1. The highest BCUT2D eigenvalue weighted by Crippen LogP contribution is 2.40. The van der Waals surface area contributed by atoms with E-state index in [0.29, 0.717) is 17.7 Å². The number of aryl methyl sites for hydroxylation is 1. The summed E-state index contributed by atoms with van der Waals surface area (Å²) in [7, 11) is 0. The zero-order chi connectivity index (χ0) is 23.9. The third-order valence-corrected chi connectivity index (χ3v) is 8.49. The van der Waals surface area contributed by atoms with Gasteiger partial charge in [-0.05, 0) is 42.5 Å². The summed E-state index contributed by atoms with van der Waals surface area (Å²) in [5.41, 5.74) is 2.59. The topological polar surface area (TPSA) is 110 Å². The van der Waals surface area contributed by atoms with Gasteiger partial charge in [-0.15, -0.1) is 10.2 Å². The van der Waals surface area contributed by atoms with E-state index in [4.69, 9.17) is 9.84 Å². The Balaban J connectivity index is 1.08. The quantitative estimate of drug-likeness (QED) is 0.504. The van der Waals surface area contributed by atoms with E-state index in [0.717, 1.165) is 59.3 Å². The Bertz CT molecular complexity index is 1210. The molecule has 2 aromatic heterocycles. The lowest BCUT2D eigenvalue weighted by atomic mass is 9.86. The van der Waals surface area contributed by atoms with Crippen LogP contribution in [0.25, 0.3) is 10.7 Å². The predicted molar refractivity (Wildman–Crippen MR) is 132 cm³/mol. The maximum atomic E-state index is 10.8. The summed E-state index contributed by atoms with van der Waals surface area (Å²) in [4.78, 5) is 22.2. The highest BCUT2D eigenvalue weighted by Gasteiger charge is 2.41. The largest absolute Gasteiger partial charge is 0.493 e. The van der Waals surface area contributed by atoms with Crippen LogP contribution in [0, 0.1) is 24.7 Å². The minimum Gasteiger partial charge on any atom is -0.493 e. The molecule has 1 aliphatic carbocycles. The van der Waals surface area contributed by atoms with Gasteiger partial charge < -0.3 is 19.6 Å². The second-order valence-electron chi connectivity index (χ2n) is 9.93. The van der Waals surface area contributed by atoms with Crippen molar-refractivity contribution in [3.05, 3.63) is 30.0 Å². The average molecular weight is 496 g/mol. The number of rotatable bonds is 8. The Morgan fingerprint density at radius 2 is 1.94 bits per heavy atom. The fourth-order valence-corrected chi connectivity index (χ4v) is 6.14. The lowest BCUT2D eigenvalue weighted by molar-refractivity contribution is -0.138. The molecule has 0 amide bonds. The van der Waals surface area contributed by atoms with Crippen molar-refractivity contribution >= 4 is 28.1 Å². The first-order valence-corrected chi connectivity index (χ1v) is 13.0. The van der Waals surface area contributed by atoms with E-state index in [2.05, 4.69) is 55.3 Å². The molecule has 1 aromatic carbocycles. The van der Waals surface area contributed by atoms with Crippen molar-refractivity contribution in [2.75, 3.05) is 42.6 Å². The van der Waals surface area contributed by atoms with Gasteiger partial charge in [-0.3, -0.25) is 4.79 Å². The molecule has 35 heavy (non-hydrogen) atoms. The molecular weight excluding hydrogens is 466 g/mol. The molecule has 6 rings (SSSR count). The highest BCUT2D eigenvalue weighted by atomic mass is 32.1. The van der Waals surface area contributed by atoms with Gasteiger partial charge in [-0.2, -0.15) is 4.80 Å².